The van der Waals surface area contributed by atoms with Crippen LogP contribution in [0.25, 0.3) is 0 Å². The summed E-state index contributed by atoms with van der Waals surface area (Å²) in [5.74, 6) is -0.405. The third-order valence-electron chi connectivity index (χ3n) is 2.11. The van der Waals surface area contributed by atoms with Crippen molar-refractivity contribution in [3.05, 3.63) is 28.5 Å². The molecule has 0 saturated carbocycles. The zero-order valence-corrected chi connectivity index (χ0v) is 11.0. The molecule has 1 rings (SSSR count). The Morgan fingerprint density at radius 1 is 1.50 bits per heavy atom. The number of halogens is 2. The number of rotatable bonds is 3. The predicted molar refractivity (Wildman–Crippen MR) is 65.9 cm³/mol. The normalized spacial score (nSPS) is 12.1. The van der Waals surface area contributed by atoms with Crippen molar-refractivity contribution in [1.29, 1.82) is 0 Å². The highest BCUT2D eigenvalue weighted by atomic mass is 79.9. The van der Waals surface area contributed by atoms with Crippen molar-refractivity contribution >= 4 is 27.5 Å². The Balaban J connectivity index is 2.73. The zero-order valence-electron chi connectivity index (χ0n) is 9.42. The van der Waals surface area contributed by atoms with Crippen LogP contribution in [0.1, 0.15) is 6.92 Å². The average molecular weight is 289 g/mol. The molecule has 0 bridgehead atoms. The summed E-state index contributed by atoms with van der Waals surface area (Å²) in [5, 5.41) is 2.94. The molecule has 1 aromatic carbocycles. The molecular formula is C11H14BrFN2O. The minimum atomic E-state index is -0.379. The maximum Gasteiger partial charge on any atom is 0.244 e. The molecule has 1 aromatic rings. The number of carbonyl (C=O) groups excluding carboxylic acids is 1. The Labute approximate surface area is 103 Å². The second-order valence-corrected chi connectivity index (χ2v) is 4.58. The fourth-order valence-electron chi connectivity index (χ4n) is 1.28. The molecule has 0 heterocycles. The first-order chi connectivity index (χ1) is 7.41. The van der Waals surface area contributed by atoms with Crippen molar-refractivity contribution in [1.82, 2.24) is 4.90 Å². The Morgan fingerprint density at radius 3 is 2.62 bits per heavy atom. The Kier molecular flexibility index (Phi) is 4.29. The number of carbonyl (C=O) groups is 1. The zero-order chi connectivity index (χ0) is 12.3. The first-order valence-corrected chi connectivity index (χ1v) is 5.64. The van der Waals surface area contributed by atoms with Gasteiger partial charge >= 0.3 is 0 Å². The van der Waals surface area contributed by atoms with Gasteiger partial charge in [0, 0.05) is 19.8 Å². The van der Waals surface area contributed by atoms with Gasteiger partial charge in [-0.15, -0.1) is 0 Å². The van der Waals surface area contributed by atoms with E-state index in [-0.39, 0.29) is 17.8 Å². The maximum absolute atomic E-state index is 13.2. The fraction of sp³-hybridized carbons (Fsp3) is 0.364. The standard InChI is InChI=1S/C11H14BrFN2O/c1-7(11(16)15(2)3)14-8-4-5-9(12)10(13)6-8/h4-7,14H,1-3H3. The van der Waals surface area contributed by atoms with E-state index in [1.165, 1.54) is 11.0 Å². The van der Waals surface area contributed by atoms with Crippen LogP contribution < -0.4 is 5.32 Å². The molecule has 1 amide bonds. The number of hydrogen-bond donors (Lipinski definition) is 1. The monoisotopic (exact) mass is 288 g/mol. The molecule has 0 aliphatic carbocycles. The first kappa shape index (κ1) is 13.0. The van der Waals surface area contributed by atoms with Crippen molar-refractivity contribution in [2.24, 2.45) is 0 Å². The summed E-state index contributed by atoms with van der Waals surface area (Å²) < 4.78 is 13.6. The second-order valence-electron chi connectivity index (χ2n) is 3.73. The molecule has 1 atom stereocenters. The molecule has 16 heavy (non-hydrogen) atoms. The van der Waals surface area contributed by atoms with Gasteiger partial charge in [0.15, 0.2) is 0 Å². The van der Waals surface area contributed by atoms with E-state index < -0.39 is 0 Å². The van der Waals surface area contributed by atoms with Gasteiger partial charge in [-0.25, -0.2) is 4.39 Å². The minimum Gasteiger partial charge on any atom is -0.374 e. The summed E-state index contributed by atoms with van der Waals surface area (Å²) in [5.41, 5.74) is 0.586. The molecule has 5 heteroatoms. The van der Waals surface area contributed by atoms with Crippen molar-refractivity contribution in [2.45, 2.75) is 13.0 Å². The van der Waals surface area contributed by atoms with E-state index in [0.717, 1.165) is 0 Å². The van der Waals surface area contributed by atoms with Crippen molar-refractivity contribution in [3.8, 4) is 0 Å². The van der Waals surface area contributed by atoms with Crippen LogP contribution in [0.2, 0.25) is 0 Å². The van der Waals surface area contributed by atoms with Crippen LogP contribution in [0.4, 0.5) is 10.1 Å². The fourth-order valence-corrected chi connectivity index (χ4v) is 1.53. The van der Waals surface area contributed by atoms with Crippen molar-refractivity contribution in [2.75, 3.05) is 19.4 Å². The topological polar surface area (TPSA) is 32.3 Å². The van der Waals surface area contributed by atoms with Crippen LogP contribution in [0, 0.1) is 5.82 Å². The summed E-state index contributed by atoms with van der Waals surface area (Å²) in [6, 6.07) is 4.29. The van der Waals surface area contributed by atoms with E-state index in [9.17, 15) is 9.18 Å². The van der Waals surface area contributed by atoms with Crippen molar-refractivity contribution < 1.29 is 9.18 Å². The summed E-state index contributed by atoms with van der Waals surface area (Å²) in [4.78, 5) is 13.1. The molecule has 0 spiro atoms. The first-order valence-electron chi connectivity index (χ1n) is 4.84. The maximum atomic E-state index is 13.2. The van der Waals surface area contributed by atoms with Gasteiger partial charge in [-0.05, 0) is 41.1 Å². The Hall–Kier alpha value is -1.10. The van der Waals surface area contributed by atoms with Crippen LogP contribution in [-0.2, 0) is 4.79 Å². The summed E-state index contributed by atoms with van der Waals surface area (Å²) in [7, 11) is 3.37. The van der Waals surface area contributed by atoms with Crippen molar-refractivity contribution in [3.63, 3.8) is 0 Å². The van der Waals surface area contributed by atoms with Gasteiger partial charge in [-0.2, -0.15) is 0 Å². The smallest absolute Gasteiger partial charge is 0.244 e. The van der Waals surface area contributed by atoms with Crippen LogP contribution in [0.15, 0.2) is 22.7 Å². The number of nitrogens with zero attached hydrogens (tertiary/aromatic N) is 1. The number of benzene rings is 1. The third kappa shape index (κ3) is 3.20. The largest absolute Gasteiger partial charge is 0.374 e. The van der Waals surface area contributed by atoms with E-state index in [1.54, 1.807) is 33.2 Å². The lowest BCUT2D eigenvalue weighted by atomic mass is 10.2. The lowest BCUT2D eigenvalue weighted by Crippen LogP contribution is -2.36. The molecule has 0 fully saturated rings. The number of nitrogens with one attached hydrogen (secondary N) is 1. The molecule has 0 radical (unpaired) electrons. The molecule has 3 nitrogen and oxygen atoms in total. The van der Waals surface area contributed by atoms with Crippen LogP contribution in [0.5, 0.6) is 0 Å². The molecule has 0 saturated heterocycles. The Bertz CT molecular complexity index is 396. The van der Waals surface area contributed by atoms with E-state index in [2.05, 4.69) is 21.2 Å². The molecule has 1 N–H and O–H groups in total. The molecular weight excluding hydrogens is 275 g/mol. The lowest BCUT2D eigenvalue weighted by molar-refractivity contribution is -0.129. The van der Waals surface area contributed by atoms with E-state index in [4.69, 9.17) is 0 Å². The van der Waals surface area contributed by atoms with E-state index >= 15 is 0 Å². The van der Waals surface area contributed by atoms with Gasteiger partial charge < -0.3 is 10.2 Å². The van der Waals surface area contributed by atoms with Gasteiger partial charge in [-0.1, -0.05) is 0 Å². The summed E-state index contributed by atoms with van der Waals surface area (Å²) >= 11 is 3.07. The summed E-state index contributed by atoms with van der Waals surface area (Å²) in [6.07, 6.45) is 0. The van der Waals surface area contributed by atoms with Gasteiger partial charge in [-0.3, -0.25) is 4.79 Å². The molecule has 0 aromatic heterocycles. The molecule has 0 aliphatic heterocycles. The van der Waals surface area contributed by atoms with Gasteiger partial charge in [0.05, 0.1) is 4.47 Å². The minimum absolute atomic E-state index is 0.0525. The number of anilines is 1. The van der Waals surface area contributed by atoms with Crippen LogP contribution in [0.3, 0.4) is 0 Å². The lowest BCUT2D eigenvalue weighted by Gasteiger charge is -2.19. The highest BCUT2D eigenvalue weighted by Gasteiger charge is 2.14. The van der Waals surface area contributed by atoms with Crippen LogP contribution >= 0.6 is 15.9 Å². The highest BCUT2D eigenvalue weighted by Crippen LogP contribution is 2.19. The molecule has 1 unspecified atom stereocenters. The average Bonchev–Trinajstić information content (AvgIpc) is 2.22. The summed E-state index contributed by atoms with van der Waals surface area (Å²) in [6.45, 7) is 1.74. The third-order valence-corrected chi connectivity index (χ3v) is 2.76. The van der Waals surface area contributed by atoms with E-state index in [1.807, 2.05) is 0 Å². The second kappa shape index (κ2) is 5.30. The quantitative estimate of drug-likeness (QED) is 0.927. The van der Waals surface area contributed by atoms with E-state index in [0.29, 0.717) is 10.2 Å². The predicted octanol–water partition coefficient (Wildman–Crippen LogP) is 2.48. The number of likely N-dealkylation sites (N-methyl/N-ethyl adjacent to an activating group) is 1. The Morgan fingerprint density at radius 2 is 2.12 bits per heavy atom. The molecule has 0 aliphatic rings. The number of amides is 1. The van der Waals surface area contributed by atoms with Crippen LogP contribution in [-0.4, -0.2) is 30.9 Å². The SMILES string of the molecule is CC(Nc1ccc(Br)c(F)c1)C(=O)N(C)C. The van der Waals surface area contributed by atoms with Gasteiger partial charge in [0.2, 0.25) is 5.91 Å². The highest BCUT2D eigenvalue weighted by molar-refractivity contribution is 9.10. The van der Waals surface area contributed by atoms with Gasteiger partial charge in [0.1, 0.15) is 11.9 Å². The number of hydrogen-bond acceptors (Lipinski definition) is 2. The van der Waals surface area contributed by atoms with Gasteiger partial charge in [0.25, 0.3) is 0 Å². The molecule has 88 valence electrons.